The lowest BCUT2D eigenvalue weighted by Gasteiger charge is -2.33. The van der Waals surface area contributed by atoms with Crippen molar-refractivity contribution < 1.29 is 23.8 Å². The molecule has 2 amide bonds. The fourth-order valence-corrected chi connectivity index (χ4v) is 3.41. The molecule has 1 saturated heterocycles. The van der Waals surface area contributed by atoms with Gasteiger partial charge in [0.25, 0.3) is 0 Å². The number of hydrogen-bond acceptors (Lipinski definition) is 4. The highest BCUT2D eigenvalue weighted by Crippen LogP contribution is 2.22. The van der Waals surface area contributed by atoms with Gasteiger partial charge in [-0.05, 0) is 57.6 Å². The van der Waals surface area contributed by atoms with Crippen LogP contribution in [-0.2, 0) is 16.0 Å². The Kier molecular flexibility index (Phi) is 8.44. The maximum Gasteiger partial charge on any atom is 0.410 e. The molecule has 0 radical (unpaired) electrons. The van der Waals surface area contributed by atoms with Gasteiger partial charge in [-0.3, -0.25) is 4.79 Å². The minimum absolute atomic E-state index is 0.0762. The van der Waals surface area contributed by atoms with Gasteiger partial charge in [0, 0.05) is 38.6 Å². The highest BCUT2D eigenvalue weighted by atomic mass is 19.1. The van der Waals surface area contributed by atoms with Gasteiger partial charge in [0.1, 0.15) is 11.4 Å². The van der Waals surface area contributed by atoms with Crippen LogP contribution in [0.4, 0.5) is 9.18 Å². The number of likely N-dealkylation sites (tertiary alicyclic amines) is 1. The predicted octanol–water partition coefficient (Wildman–Crippen LogP) is 3.13. The van der Waals surface area contributed by atoms with Crippen molar-refractivity contribution in [2.45, 2.75) is 52.1 Å². The highest BCUT2D eigenvalue weighted by Gasteiger charge is 2.27. The Morgan fingerprint density at radius 2 is 1.93 bits per heavy atom. The summed E-state index contributed by atoms with van der Waals surface area (Å²) in [5.41, 5.74) is 0.0232. The SMILES string of the molecule is CC(C)(C)OC(=O)N1CCC(CC(=O)NC[C@@H](CO)Cc2ccccc2F)CC1. The predicted molar refractivity (Wildman–Crippen MR) is 109 cm³/mol. The molecule has 162 valence electrons. The zero-order valence-corrected chi connectivity index (χ0v) is 17.6. The summed E-state index contributed by atoms with van der Waals surface area (Å²) in [5, 5.41) is 12.4. The fourth-order valence-electron chi connectivity index (χ4n) is 3.41. The summed E-state index contributed by atoms with van der Waals surface area (Å²) >= 11 is 0. The molecule has 1 aromatic carbocycles. The molecule has 0 aromatic heterocycles. The van der Waals surface area contributed by atoms with Gasteiger partial charge in [0.15, 0.2) is 0 Å². The monoisotopic (exact) mass is 408 g/mol. The second-order valence-electron chi connectivity index (χ2n) is 8.76. The molecule has 6 nitrogen and oxygen atoms in total. The van der Waals surface area contributed by atoms with Crippen LogP contribution in [0.15, 0.2) is 24.3 Å². The smallest absolute Gasteiger partial charge is 0.410 e. The summed E-state index contributed by atoms with van der Waals surface area (Å²) in [4.78, 5) is 26.1. The molecule has 1 aliphatic heterocycles. The molecule has 0 bridgehead atoms. The van der Waals surface area contributed by atoms with Crippen molar-refractivity contribution in [2.24, 2.45) is 11.8 Å². The van der Waals surface area contributed by atoms with Crippen LogP contribution in [0, 0.1) is 17.7 Å². The van der Waals surface area contributed by atoms with Crippen molar-refractivity contribution in [3.05, 3.63) is 35.6 Å². The number of aliphatic hydroxyl groups is 1. The standard InChI is InChI=1S/C22H33FN2O4/c1-22(2,3)29-21(28)25-10-8-16(9-11-25)13-20(27)24-14-17(15-26)12-18-6-4-5-7-19(18)23/h4-7,16-17,26H,8-15H2,1-3H3,(H,24,27)/t17-/m0/s1. The molecular formula is C22H33FN2O4. The summed E-state index contributed by atoms with van der Waals surface area (Å²) < 4.78 is 19.2. The maximum atomic E-state index is 13.8. The summed E-state index contributed by atoms with van der Waals surface area (Å²) in [5.74, 6) is -0.389. The van der Waals surface area contributed by atoms with Crippen LogP contribution >= 0.6 is 0 Å². The van der Waals surface area contributed by atoms with Gasteiger partial charge in [-0.1, -0.05) is 18.2 Å². The number of piperidine rings is 1. The molecule has 1 atom stereocenters. The van der Waals surface area contributed by atoms with Gasteiger partial charge in [-0.2, -0.15) is 0 Å². The normalized spacial score (nSPS) is 16.4. The van der Waals surface area contributed by atoms with E-state index < -0.39 is 5.60 Å². The average molecular weight is 409 g/mol. The van der Waals surface area contributed by atoms with Crippen LogP contribution in [0.5, 0.6) is 0 Å². The van der Waals surface area contributed by atoms with E-state index in [9.17, 15) is 19.1 Å². The van der Waals surface area contributed by atoms with Crippen molar-refractivity contribution in [2.75, 3.05) is 26.2 Å². The minimum atomic E-state index is -0.514. The number of halogens is 1. The Bertz CT molecular complexity index is 682. The van der Waals surface area contributed by atoms with E-state index in [0.29, 0.717) is 38.0 Å². The first-order valence-corrected chi connectivity index (χ1v) is 10.3. The molecule has 1 aromatic rings. The van der Waals surface area contributed by atoms with Crippen molar-refractivity contribution in [1.29, 1.82) is 0 Å². The first kappa shape index (κ1) is 23.1. The zero-order chi connectivity index (χ0) is 21.4. The average Bonchev–Trinajstić information content (AvgIpc) is 2.65. The molecule has 2 rings (SSSR count). The van der Waals surface area contributed by atoms with Crippen LogP contribution in [0.1, 0.15) is 45.6 Å². The van der Waals surface area contributed by atoms with E-state index in [1.165, 1.54) is 6.07 Å². The third-order valence-electron chi connectivity index (χ3n) is 5.05. The van der Waals surface area contributed by atoms with Gasteiger partial charge >= 0.3 is 6.09 Å². The van der Waals surface area contributed by atoms with E-state index in [1.54, 1.807) is 23.1 Å². The largest absolute Gasteiger partial charge is 0.444 e. The Morgan fingerprint density at radius 3 is 2.52 bits per heavy atom. The lowest BCUT2D eigenvalue weighted by molar-refractivity contribution is -0.122. The number of hydrogen-bond donors (Lipinski definition) is 2. The lowest BCUT2D eigenvalue weighted by atomic mass is 9.93. The Morgan fingerprint density at radius 1 is 1.28 bits per heavy atom. The number of carbonyl (C=O) groups excluding carboxylic acids is 2. The Labute approximate surface area is 172 Å². The van der Waals surface area contributed by atoms with E-state index in [2.05, 4.69) is 5.32 Å². The Balaban J connectivity index is 1.71. The topological polar surface area (TPSA) is 78.9 Å². The van der Waals surface area contributed by atoms with Crippen molar-refractivity contribution >= 4 is 12.0 Å². The first-order chi connectivity index (χ1) is 13.7. The molecule has 0 unspecified atom stereocenters. The molecule has 1 heterocycles. The van der Waals surface area contributed by atoms with Gasteiger partial charge in [0.05, 0.1) is 0 Å². The van der Waals surface area contributed by atoms with Gasteiger partial charge in [0.2, 0.25) is 5.91 Å². The van der Waals surface area contributed by atoms with E-state index in [-0.39, 0.29) is 36.3 Å². The van der Waals surface area contributed by atoms with Crippen LogP contribution in [0.25, 0.3) is 0 Å². The fraction of sp³-hybridized carbons (Fsp3) is 0.636. The number of rotatable bonds is 7. The van der Waals surface area contributed by atoms with Crippen LogP contribution in [0.3, 0.4) is 0 Å². The van der Waals surface area contributed by atoms with Crippen LogP contribution < -0.4 is 5.32 Å². The van der Waals surface area contributed by atoms with Crippen molar-refractivity contribution in [3.8, 4) is 0 Å². The summed E-state index contributed by atoms with van der Waals surface area (Å²) in [6.07, 6.45) is 1.97. The molecule has 0 spiro atoms. The first-order valence-electron chi connectivity index (χ1n) is 10.3. The third kappa shape index (κ3) is 8.01. The molecular weight excluding hydrogens is 375 g/mol. The van der Waals surface area contributed by atoms with Gasteiger partial charge in [-0.15, -0.1) is 0 Å². The Hall–Kier alpha value is -2.15. The lowest BCUT2D eigenvalue weighted by Crippen LogP contribution is -2.42. The van der Waals surface area contributed by atoms with Crippen molar-refractivity contribution in [3.63, 3.8) is 0 Å². The molecule has 0 aliphatic carbocycles. The number of ether oxygens (including phenoxy) is 1. The third-order valence-corrected chi connectivity index (χ3v) is 5.05. The molecule has 0 saturated carbocycles. The van der Waals surface area contributed by atoms with Gasteiger partial charge in [-0.25, -0.2) is 9.18 Å². The minimum Gasteiger partial charge on any atom is -0.444 e. The van der Waals surface area contributed by atoms with E-state index in [1.807, 2.05) is 20.8 Å². The number of amides is 2. The number of aliphatic hydroxyl groups excluding tert-OH is 1. The molecule has 29 heavy (non-hydrogen) atoms. The zero-order valence-electron chi connectivity index (χ0n) is 17.6. The maximum absolute atomic E-state index is 13.8. The molecule has 2 N–H and O–H groups in total. The van der Waals surface area contributed by atoms with E-state index >= 15 is 0 Å². The van der Waals surface area contributed by atoms with Crippen molar-refractivity contribution in [1.82, 2.24) is 10.2 Å². The number of carbonyl (C=O) groups is 2. The van der Waals surface area contributed by atoms with Gasteiger partial charge < -0.3 is 20.1 Å². The molecule has 7 heteroatoms. The second kappa shape index (κ2) is 10.6. The van der Waals surface area contributed by atoms with E-state index in [0.717, 1.165) is 12.8 Å². The number of nitrogens with zero attached hydrogens (tertiary/aromatic N) is 1. The number of nitrogens with one attached hydrogen (secondary N) is 1. The molecule has 1 aliphatic rings. The summed E-state index contributed by atoms with van der Waals surface area (Å²) in [7, 11) is 0. The summed E-state index contributed by atoms with van der Waals surface area (Å²) in [6.45, 7) is 6.87. The van der Waals surface area contributed by atoms with E-state index in [4.69, 9.17) is 4.74 Å². The van der Waals surface area contributed by atoms with Crippen LogP contribution in [0.2, 0.25) is 0 Å². The quantitative estimate of drug-likeness (QED) is 0.727. The van der Waals surface area contributed by atoms with Crippen LogP contribution in [-0.4, -0.2) is 53.8 Å². The highest BCUT2D eigenvalue weighted by molar-refractivity contribution is 5.76. The second-order valence-corrected chi connectivity index (χ2v) is 8.76. The number of benzene rings is 1. The summed E-state index contributed by atoms with van der Waals surface area (Å²) in [6, 6.07) is 6.47. The molecule has 1 fully saturated rings.